The van der Waals surface area contributed by atoms with Crippen molar-refractivity contribution in [3.8, 4) is 0 Å². The van der Waals surface area contributed by atoms with Crippen molar-refractivity contribution in [2.24, 2.45) is 5.92 Å². The molecule has 0 aromatic carbocycles. The van der Waals surface area contributed by atoms with E-state index in [9.17, 15) is 13.2 Å². The standard InChI is InChI=1S/C14H30N2O3S/c1-9-11(12(17)15-13(2,3)4)10-14(5,6)16(7)20(8,18)19/h11H,9-10H2,1-8H3,(H,15,17). The zero-order chi connectivity index (χ0) is 16.4. The lowest BCUT2D eigenvalue weighted by Gasteiger charge is -2.36. The Kier molecular flexibility index (Phi) is 6.23. The number of hydrogen-bond acceptors (Lipinski definition) is 3. The molecule has 0 aliphatic heterocycles. The van der Waals surface area contributed by atoms with Gasteiger partial charge >= 0.3 is 0 Å². The molecule has 1 amide bonds. The third-order valence-electron chi connectivity index (χ3n) is 3.46. The highest BCUT2D eigenvalue weighted by Gasteiger charge is 2.35. The lowest BCUT2D eigenvalue weighted by Crippen LogP contribution is -2.49. The molecule has 0 aliphatic rings. The Morgan fingerprint density at radius 2 is 1.65 bits per heavy atom. The Balaban J connectivity index is 5.01. The molecule has 0 aromatic rings. The van der Waals surface area contributed by atoms with Crippen LogP contribution in [0.15, 0.2) is 0 Å². The van der Waals surface area contributed by atoms with E-state index in [0.29, 0.717) is 12.8 Å². The minimum Gasteiger partial charge on any atom is -0.351 e. The van der Waals surface area contributed by atoms with Crippen LogP contribution in [0.4, 0.5) is 0 Å². The van der Waals surface area contributed by atoms with Gasteiger partial charge in [0.05, 0.1) is 6.26 Å². The molecule has 120 valence electrons. The normalized spacial score (nSPS) is 15.2. The number of amides is 1. The van der Waals surface area contributed by atoms with E-state index in [1.807, 2.05) is 41.5 Å². The second-order valence-electron chi connectivity index (χ2n) is 7.09. The minimum absolute atomic E-state index is 0.0185. The topological polar surface area (TPSA) is 66.5 Å². The third-order valence-corrected chi connectivity index (χ3v) is 4.95. The predicted octanol–water partition coefficient (Wildman–Crippen LogP) is 1.99. The lowest BCUT2D eigenvalue weighted by molar-refractivity contribution is -0.127. The van der Waals surface area contributed by atoms with E-state index in [1.54, 1.807) is 7.05 Å². The van der Waals surface area contributed by atoms with Crippen molar-refractivity contribution in [3.63, 3.8) is 0 Å². The van der Waals surface area contributed by atoms with Crippen LogP contribution in [0.3, 0.4) is 0 Å². The Bertz CT molecular complexity index is 436. The van der Waals surface area contributed by atoms with Crippen molar-refractivity contribution < 1.29 is 13.2 Å². The van der Waals surface area contributed by atoms with Crippen LogP contribution in [0.1, 0.15) is 54.4 Å². The number of carbonyl (C=O) groups is 1. The number of rotatable bonds is 6. The summed E-state index contributed by atoms with van der Waals surface area (Å²) in [6.07, 6.45) is 2.36. The van der Waals surface area contributed by atoms with Gasteiger partial charge in [-0.1, -0.05) is 6.92 Å². The van der Waals surface area contributed by atoms with E-state index in [-0.39, 0.29) is 17.4 Å². The van der Waals surface area contributed by atoms with Crippen molar-refractivity contribution >= 4 is 15.9 Å². The second kappa shape index (κ2) is 6.43. The van der Waals surface area contributed by atoms with Crippen LogP contribution in [0.2, 0.25) is 0 Å². The second-order valence-corrected chi connectivity index (χ2v) is 9.11. The van der Waals surface area contributed by atoms with Gasteiger partial charge in [0.15, 0.2) is 0 Å². The van der Waals surface area contributed by atoms with Crippen LogP contribution in [-0.4, -0.2) is 43.0 Å². The summed E-state index contributed by atoms with van der Waals surface area (Å²) >= 11 is 0. The highest BCUT2D eigenvalue weighted by Crippen LogP contribution is 2.26. The molecule has 5 nitrogen and oxygen atoms in total. The molecule has 0 fully saturated rings. The summed E-state index contributed by atoms with van der Waals surface area (Å²) in [5.41, 5.74) is -0.874. The minimum atomic E-state index is -3.27. The van der Waals surface area contributed by atoms with E-state index in [4.69, 9.17) is 0 Å². The summed E-state index contributed by atoms with van der Waals surface area (Å²) in [6.45, 7) is 11.5. The quantitative estimate of drug-likeness (QED) is 0.816. The number of carbonyl (C=O) groups excluding carboxylic acids is 1. The van der Waals surface area contributed by atoms with Crippen LogP contribution in [0.5, 0.6) is 0 Å². The van der Waals surface area contributed by atoms with Crippen LogP contribution in [-0.2, 0) is 14.8 Å². The van der Waals surface area contributed by atoms with Crippen molar-refractivity contribution in [2.75, 3.05) is 13.3 Å². The average Bonchev–Trinajstić information content (AvgIpc) is 2.21. The van der Waals surface area contributed by atoms with Gasteiger partial charge in [-0.05, 0) is 47.5 Å². The van der Waals surface area contributed by atoms with Crippen LogP contribution in [0, 0.1) is 5.92 Å². The van der Waals surface area contributed by atoms with Crippen molar-refractivity contribution in [1.29, 1.82) is 0 Å². The fourth-order valence-corrected chi connectivity index (χ4v) is 3.05. The maximum atomic E-state index is 12.3. The molecule has 1 N–H and O–H groups in total. The Hall–Kier alpha value is -0.620. The molecule has 0 rings (SSSR count). The number of hydrogen-bond donors (Lipinski definition) is 1. The Morgan fingerprint density at radius 3 is 1.95 bits per heavy atom. The van der Waals surface area contributed by atoms with E-state index < -0.39 is 15.6 Å². The third kappa shape index (κ3) is 6.22. The molecule has 0 saturated heterocycles. The van der Waals surface area contributed by atoms with Gasteiger partial charge in [-0.15, -0.1) is 0 Å². The van der Waals surface area contributed by atoms with Gasteiger partial charge in [0, 0.05) is 24.0 Å². The largest absolute Gasteiger partial charge is 0.351 e. The highest BCUT2D eigenvalue weighted by atomic mass is 32.2. The van der Waals surface area contributed by atoms with Crippen molar-refractivity contribution in [2.45, 2.75) is 65.5 Å². The summed E-state index contributed by atoms with van der Waals surface area (Å²) in [4.78, 5) is 12.3. The number of nitrogens with zero attached hydrogens (tertiary/aromatic N) is 1. The number of nitrogens with one attached hydrogen (secondary N) is 1. The highest BCUT2D eigenvalue weighted by molar-refractivity contribution is 7.88. The fourth-order valence-electron chi connectivity index (χ4n) is 2.07. The van der Waals surface area contributed by atoms with Crippen molar-refractivity contribution in [3.05, 3.63) is 0 Å². The summed E-state index contributed by atoms with van der Waals surface area (Å²) in [5, 5.41) is 2.96. The van der Waals surface area contributed by atoms with E-state index >= 15 is 0 Å². The lowest BCUT2D eigenvalue weighted by atomic mass is 9.88. The summed E-state index contributed by atoms with van der Waals surface area (Å²) in [5.74, 6) is -0.219. The predicted molar refractivity (Wildman–Crippen MR) is 83.0 cm³/mol. The van der Waals surface area contributed by atoms with Crippen LogP contribution in [0.25, 0.3) is 0 Å². The molecule has 0 radical (unpaired) electrons. The summed E-state index contributed by atoms with van der Waals surface area (Å²) in [6, 6.07) is 0. The average molecular weight is 306 g/mol. The first-order valence-electron chi connectivity index (χ1n) is 6.96. The van der Waals surface area contributed by atoms with Gasteiger partial charge < -0.3 is 5.32 Å². The molecule has 0 saturated carbocycles. The number of sulfonamides is 1. The molecule has 0 aliphatic carbocycles. The van der Waals surface area contributed by atoms with E-state index in [0.717, 1.165) is 0 Å². The molecule has 6 heteroatoms. The Morgan fingerprint density at radius 1 is 1.20 bits per heavy atom. The van der Waals surface area contributed by atoms with Gasteiger partial charge in [-0.2, -0.15) is 4.31 Å². The fraction of sp³-hybridized carbons (Fsp3) is 0.929. The molecule has 0 heterocycles. The van der Waals surface area contributed by atoms with Crippen LogP contribution >= 0.6 is 0 Å². The molecule has 0 spiro atoms. The van der Waals surface area contributed by atoms with Crippen LogP contribution < -0.4 is 5.32 Å². The zero-order valence-electron chi connectivity index (χ0n) is 14.1. The molecular weight excluding hydrogens is 276 g/mol. The summed E-state index contributed by atoms with van der Waals surface area (Å²) in [7, 11) is -1.71. The van der Waals surface area contributed by atoms with Gasteiger partial charge in [0.25, 0.3) is 0 Å². The Labute approximate surface area is 124 Å². The molecular formula is C14H30N2O3S. The molecule has 1 unspecified atom stereocenters. The summed E-state index contributed by atoms with van der Waals surface area (Å²) < 4.78 is 24.7. The molecule has 20 heavy (non-hydrogen) atoms. The maximum absolute atomic E-state index is 12.3. The maximum Gasteiger partial charge on any atom is 0.223 e. The SMILES string of the molecule is CCC(CC(C)(C)N(C)S(C)(=O)=O)C(=O)NC(C)(C)C. The van der Waals surface area contributed by atoms with Crippen molar-refractivity contribution in [1.82, 2.24) is 9.62 Å². The molecule has 0 bridgehead atoms. The molecule has 0 aromatic heterocycles. The van der Waals surface area contributed by atoms with E-state index in [2.05, 4.69) is 5.32 Å². The van der Waals surface area contributed by atoms with Gasteiger partial charge in [-0.25, -0.2) is 8.42 Å². The van der Waals surface area contributed by atoms with Gasteiger partial charge in [0.2, 0.25) is 15.9 Å². The first-order valence-corrected chi connectivity index (χ1v) is 8.81. The molecule has 1 atom stereocenters. The smallest absolute Gasteiger partial charge is 0.223 e. The zero-order valence-corrected chi connectivity index (χ0v) is 14.9. The monoisotopic (exact) mass is 306 g/mol. The first kappa shape index (κ1) is 19.4. The first-order chi connectivity index (χ1) is 8.70. The van der Waals surface area contributed by atoms with E-state index in [1.165, 1.54) is 10.6 Å². The van der Waals surface area contributed by atoms with Gasteiger partial charge in [0.1, 0.15) is 0 Å². The van der Waals surface area contributed by atoms with Gasteiger partial charge in [-0.3, -0.25) is 4.79 Å².